The summed E-state index contributed by atoms with van der Waals surface area (Å²) in [6.45, 7) is 12.2. The highest BCUT2D eigenvalue weighted by Crippen LogP contribution is 2.27. The average molecular weight is 343 g/mol. The zero-order chi connectivity index (χ0) is 17.5. The molecule has 0 radical (unpaired) electrons. The van der Waals surface area contributed by atoms with E-state index in [0.29, 0.717) is 5.92 Å². The Morgan fingerprint density at radius 2 is 1.96 bits per heavy atom. The zero-order valence-electron chi connectivity index (χ0n) is 16.0. The Balaban J connectivity index is 1.59. The van der Waals surface area contributed by atoms with Gasteiger partial charge in [0.2, 0.25) is 0 Å². The Kier molecular flexibility index (Phi) is 6.74. The van der Waals surface area contributed by atoms with Crippen LogP contribution in [0.4, 0.5) is 0 Å². The number of nitrogens with zero attached hydrogens (tertiary/aromatic N) is 3. The Labute approximate surface area is 153 Å². The lowest BCUT2D eigenvalue weighted by Gasteiger charge is -2.31. The van der Waals surface area contributed by atoms with Crippen LogP contribution in [0.1, 0.15) is 44.6 Å². The summed E-state index contributed by atoms with van der Waals surface area (Å²) in [6.07, 6.45) is 3.87. The molecule has 25 heavy (non-hydrogen) atoms. The minimum atomic E-state index is 0.635. The maximum Gasteiger partial charge on any atom is 0.193 e. The van der Waals surface area contributed by atoms with Gasteiger partial charge in [0.1, 0.15) is 0 Å². The molecule has 2 heterocycles. The van der Waals surface area contributed by atoms with Gasteiger partial charge in [-0.3, -0.25) is 4.99 Å². The van der Waals surface area contributed by atoms with E-state index in [2.05, 4.69) is 59.3 Å². The second kappa shape index (κ2) is 9.23. The van der Waals surface area contributed by atoms with Gasteiger partial charge in [0.05, 0.1) is 0 Å². The summed E-state index contributed by atoms with van der Waals surface area (Å²) in [7, 11) is 0. The maximum absolute atomic E-state index is 5.02. The number of piperidine rings is 1. The smallest absolute Gasteiger partial charge is 0.193 e. The molecule has 1 aromatic carbocycles. The lowest BCUT2D eigenvalue weighted by Crippen LogP contribution is -2.41. The van der Waals surface area contributed by atoms with Gasteiger partial charge >= 0.3 is 0 Å². The Bertz CT molecular complexity index is 542. The third-order valence-electron chi connectivity index (χ3n) is 5.64. The summed E-state index contributed by atoms with van der Waals surface area (Å²) < 4.78 is 0. The molecule has 0 aliphatic carbocycles. The van der Waals surface area contributed by atoms with Crippen molar-refractivity contribution in [1.29, 1.82) is 0 Å². The number of likely N-dealkylation sites (tertiary alicyclic amines) is 2. The summed E-state index contributed by atoms with van der Waals surface area (Å²) >= 11 is 0. The van der Waals surface area contributed by atoms with Gasteiger partial charge in [0, 0.05) is 38.6 Å². The number of rotatable bonds is 5. The lowest BCUT2D eigenvalue weighted by atomic mass is 9.98. The van der Waals surface area contributed by atoms with Crippen LogP contribution in [0, 0.1) is 5.92 Å². The van der Waals surface area contributed by atoms with E-state index in [0.717, 1.165) is 38.1 Å². The van der Waals surface area contributed by atoms with Crippen LogP contribution < -0.4 is 5.32 Å². The minimum Gasteiger partial charge on any atom is -0.357 e. The molecule has 0 amide bonds. The van der Waals surface area contributed by atoms with Gasteiger partial charge in [-0.1, -0.05) is 37.3 Å². The zero-order valence-corrected chi connectivity index (χ0v) is 16.0. The molecule has 2 saturated heterocycles. The maximum atomic E-state index is 5.02. The molecule has 1 aromatic rings. The summed E-state index contributed by atoms with van der Waals surface area (Å²) in [4.78, 5) is 10.0. The quantitative estimate of drug-likeness (QED) is 0.659. The van der Waals surface area contributed by atoms with Crippen molar-refractivity contribution < 1.29 is 0 Å². The monoisotopic (exact) mass is 342 g/mol. The molecule has 2 aliphatic rings. The van der Waals surface area contributed by atoms with E-state index in [-0.39, 0.29) is 0 Å². The molecule has 2 atom stereocenters. The fourth-order valence-electron chi connectivity index (χ4n) is 4.18. The molecule has 2 aliphatic heterocycles. The molecule has 4 heteroatoms. The van der Waals surface area contributed by atoms with E-state index < -0.39 is 0 Å². The van der Waals surface area contributed by atoms with Gasteiger partial charge in [0.25, 0.3) is 0 Å². The number of hydrogen-bond donors (Lipinski definition) is 1. The van der Waals surface area contributed by atoms with Gasteiger partial charge in [0.15, 0.2) is 5.96 Å². The number of guanidine groups is 1. The first-order chi connectivity index (χ1) is 12.3. The van der Waals surface area contributed by atoms with Crippen molar-refractivity contribution in [1.82, 2.24) is 15.1 Å². The van der Waals surface area contributed by atoms with Crippen molar-refractivity contribution in [3.63, 3.8) is 0 Å². The Morgan fingerprint density at radius 1 is 1.12 bits per heavy atom. The highest BCUT2D eigenvalue weighted by molar-refractivity contribution is 5.80. The first kappa shape index (κ1) is 18.2. The highest BCUT2D eigenvalue weighted by atomic mass is 15.3. The van der Waals surface area contributed by atoms with Crippen LogP contribution in [-0.4, -0.2) is 61.6 Å². The topological polar surface area (TPSA) is 30.9 Å². The SMILES string of the molecule is CCNC(=NCC1CCCN(CC)C1)N1CCC(c2ccccc2)C1. The first-order valence-electron chi connectivity index (χ1n) is 10.1. The molecule has 2 unspecified atom stereocenters. The van der Waals surface area contributed by atoms with Crippen molar-refractivity contribution in [2.75, 3.05) is 45.8 Å². The molecular weight excluding hydrogens is 308 g/mol. The van der Waals surface area contributed by atoms with Crippen LogP contribution in [-0.2, 0) is 0 Å². The van der Waals surface area contributed by atoms with Crippen LogP contribution in [0.3, 0.4) is 0 Å². The summed E-state index contributed by atoms with van der Waals surface area (Å²) in [5.74, 6) is 2.47. The predicted octanol–water partition coefficient (Wildman–Crippen LogP) is 3.17. The molecule has 2 fully saturated rings. The van der Waals surface area contributed by atoms with Crippen molar-refractivity contribution in [3.05, 3.63) is 35.9 Å². The standard InChI is InChI=1S/C21H34N4/c1-3-22-21(23-15-18-9-8-13-24(4-2)16-18)25-14-12-20(17-25)19-10-6-5-7-11-19/h5-7,10-11,18,20H,3-4,8-9,12-17H2,1-2H3,(H,22,23). The van der Waals surface area contributed by atoms with E-state index in [9.17, 15) is 0 Å². The normalized spacial score (nSPS) is 25.4. The Hall–Kier alpha value is -1.55. The van der Waals surface area contributed by atoms with Crippen LogP contribution in [0.15, 0.2) is 35.3 Å². The van der Waals surface area contributed by atoms with Crippen LogP contribution in [0.5, 0.6) is 0 Å². The molecule has 3 rings (SSSR count). The third kappa shape index (κ3) is 4.97. The molecule has 4 nitrogen and oxygen atoms in total. The van der Waals surface area contributed by atoms with Crippen molar-refractivity contribution in [3.8, 4) is 0 Å². The molecule has 138 valence electrons. The first-order valence-corrected chi connectivity index (χ1v) is 10.1. The summed E-state index contributed by atoms with van der Waals surface area (Å²) in [5.41, 5.74) is 1.46. The molecule has 1 N–H and O–H groups in total. The van der Waals surface area contributed by atoms with Crippen molar-refractivity contribution in [2.45, 2.75) is 39.0 Å². The lowest BCUT2D eigenvalue weighted by molar-refractivity contribution is 0.186. The van der Waals surface area contributed by atoms with Gasteiger partial charge in [-0.2, -0.15) is 0 Å². The van der Waals surface area contributed by atoms with Gasteiger partial charge < -0.3 is 15.1 Å². The molecule has 0 spiro atoms. The highest BCUT2D eigenvalue weighted by Gasteiger charge is 2.26. The fraction of sp³-hybridized carbons (Fsp3) is 0.667. The fourth-order valence-corrected chi connectivity index (χ4v) is 4.18. The average Bonchev–Trinajstić information content (AvgIpc) is 3.16. The number of hydrogen-bond acceptors (Lipinski definition) is 2. The van der Waals surface area contributed by atoms with Crippen molar-refractivity contribution >= 4 is 5.96 Å². The minimum absolute atomic E-state index is 0.635. The van der Waals surface area contributed by atoms with Gasteiger partial charge in [-0.05, 0) is 50.8 Å². The largest absolute Gasteiger partial charge is 0.357 e. The molecule has 0 bridgehead atoms. The third-order valence-corrected chi connectivity index (χ3v) is 5.64. The predicted molar refractivity (Wildman–Crippen MR) is 106 cm³/mol. The summed E-state index contributed by atoms with van der Waals surface area (Å²) in [5, 5.41) is 3.52. The van der Waals surface area contributed by atoms with E-state index in [1.165, 1.54) is 44.5 Å². The molecular formula is C21H34N4. The Morgan fingerprint density at radius 3 is 2.72 bits per heavy atom. The van der Waals surface area contributed by atoms with E-state index in [4.69, 9.17) is 4.99 Å². The van der Waals surface area contributed by atoms with Crippen LogP contribution >= 0.6 is 0 Å². The van der Waals surface area contributed by atoms with Gasteiger partial charge in [-0.25, -0.2) is 0 Å². The number of aliphatic imine (C=N–C) groups is 1. The van der Waals surface area contributed by atoms with E-state index >= 15 is 0 Å². The van der Waals surface area contributed by atoms with Crippen LogP contribution in [0.25, 0.3) is 0 Å². The second-order valence-electron chi connectivity index (χ2n) is 7.44. The summed E-state index contributed by atoms with van der Waals surface area (Å²) in [6, 6.07) is 10.9. The van der Waals surface area contributed by atoms with Crippen molar-refractivity contribution in [2.24, 2.45) is 10.9 Å². The molecule has 0 aromatic heterocycles. The number of benzene rings is 1. The van der Waals surface area contributed by atoms with Gasteiger partial charge in [-0.15, -0.1) is 0 Å². The van der Waals surface area contributed by atoms with Crippen LogP contribution in [0.2, 0.25) is 0 Å². The van der Waals surface area contributed by atoms with E-state index in [1.54, 1.807) is 0 Å². The second-order valence-corrected chi connectivity index (χ2v) is 7.44. The number of nitrogens with one attached hydrogen (secondary N) is 1. The molecule has 0 saturated carbocycles. The van der Waals surface area contributed by atoms with E-state index in [1.807, 2.05) is 0 Å².